The lowest BCUT2D eigenvalue weighted by atomic mass is 9.67. The van der Waals surface area contributed by atoms with Crippen LogP contribution in [0.25, 0.3) is 0 Å². The number of likely N-dealkylation sites (tertiary alicyclic amines) is 1. The van der Waals surface area contributed by atoms with E-state index in [1.807, 2.05) is 12.1 Å². The Kier molecular flexibility index (Phi) is 4.74. The molecule has 1 aromatic carbocycles. The number of carbonyl (C=O) groups is 1. The van der Waals surface area contributed by atoms with Crippen LogP contribution < -0.4 is 10.5 Å². The van der Waals surface area contributed by atoms with Gasteiger partial charge in [-0.15, -0.1) is 0 Å². The molecule has 4 rings (SSSR count). The Hall–Kier alpha value is -1.55. The first kappa shape index (κ1) is 18.8. The predicted molar refractivity (Wildman–Crippen MR) is 108 cm³/mol. The molecule has 4 nitrogen and oxygen atoms in total. The van der Waals surface area contributed by atoms with Gasteiger partial charge in [-0.3, -0.25) is 4.79 Å². The molecule has 3 aliphatic rings. The highest BCUT2D eigenvalue weighted by Crippen LogP contribution is 2.58. The second kappa shape index (κ2) is 6.80. The highest BCUT2D eigenvalue weighted by Gasteiger charge is 2.57. The fraction of sp³-hybridized carbons (Fsp3) is 0.696. The van der Waals surface area contributed by atoms with Gasteiger partial charge in [0.2, 0.25) is 5.91 Å². The monoisotopic (exact) mass is 370 g/mol. The molecule has 0 radical (unpaired) electrons. The van der Waals surface area contributed by atoms with Crippen molar-refractivity contribution in [3.05, 3.63) is 29.8 Å². The molecule has 3 fully saturated rings. The van der Waals surface area contributed by atoms with Crippen LogP contribution >= 0.6 is 0 Å². The molecule has 27 heavy (non-hydrogen) atoms. The maximum atomic E-state index is 13.9. The van der Waals surface area contributed by atoms with Crippen LogP contribution in [0.1, 0.15) is 51.5 Å². The number of benzene rings is 1. The fourth-order valence-electron chi connectivity index (χ4n) is 6.01. The summed E-state index contributed by atoms with van der Waals surface area (Å²) in [4.78, 5) is 16.1. The molecule has 1 amide bonds. The fourth-order valence-corrected chi connectivity index (χ4v) is 6.01. The molecule has 1 heterocycles. The van der Waals surface area contributed by atoms with Crippen LogP contribution in [0.2, 0.25) is 0 Å². The maximum absolute atomic E-state index is 13.9. The van der Waals surface area contributed by atoms with Crippen LogP contribution in [-0.4, -0.2) is 37.0 Å². The van der Waals surface area contributed by atoms with E-state index >= 15 is 0 Å². The number of amides is 1. The van der Waals surface area contributed by atoms with Crippen molar-refractivity contribution in [2.75, 3.05) is 20.2 Å². The van der Waals surface area contributed by atoms with Crippen molar-refractivity contribution in [1.29, 1.82) is 0 Å². The molecule has 2 aliphatic carbocycles. The van der Waals surface area contributed by atoms with Crippen molar-refractivity contribution in [1.82, 2.24) is 4.90 Å². The lowest BCUT2D eigenvalue weighted by Crippen LogP contribution is -2.58. The largest absolute Gasteiger partial charge is 0.497 e. The van der Waals surface area contributed by atoms with Crippen molar-refractivity contribution in [2.24, 2.45) is 28.4 Å². The number of methoxy groups -OCH3 is 1. The van der Waals surface area contributed by atoms with Crippen LogP contribution in [-0.2, 0) is 11.2 Å². The molecule has 0 spiro atoms. The molecular weight excluding hydrogens is 336 g/mol. The second-order valence-corrected chi connectivity index (χ2v) is 9.88. The van der Waals surface area contributed by atoms with Gasteiger partial charge in [0.25, 0.3) is 0 Å². The smallest absolute Gasteiger partial charge is 0.229 e. The number of piperidine rings is 1. The zero-order valence-electron chi connectivity index (χ0n) is 17.0. The van der Waals surface area contributed by atoms with Crippen molar-refractivity contribution in [3.8, 4) is 5.75 Å². The van der Waals surface area contributed by atoms with Gasteiger partial charge in [0.05, 0.1) is 12.5 Å². The Balaban J connectivity index is 1.62. The lowest BCUT2D eigenvalue weighted by molar-refractivity contribution is -0.149. The minimum Gasteiger partial charge on any atom is -0.497 e. The van der Waals surface area contributed by atoms with E-state index in [1.165, 1.54) is 24.8 Å². The van der Waals surface area contributed by atoms with Crippen molar-refractivity contribution >= 4 is 5.91 Å². The summed E-state index contributed by atoms with van der Waals surface area (Å²) in [5.74, 6) is 2.52. The van der Waals surface area contributed by atoms with E-state index in [2.05, 4.69) is 30.9 Å². The summed E-state index contributed by atoms with van der Waals surface area (Å²) >= 11 is 0. The number of rotatable bonds is 4. The molecule has 1 aromatic rings. The van der Waals surface area contributed by atoms with Gasteiger partial charge in [0, 0.05) is 19.1 Å². The van der Waals surface area contributed by atoms with E-state index in [0.717, 1.165) is 44.0 Å². The van der Waals surface area contributed by atoms with Crippen LogP contribution in [0.15, 0.2) is 24.3 Å². The van der Waals surface area contributed by atoms with Gasteiger partial charge in [-0.1, -0.05) is 32.4 Å². The number of carbonyl (C=O) groups excluding carboxylic acids is 1. The van der Waals surface area contributed by atoms with Crippen molar-refractivity contribution in [3.63, 3.8) is 0 Å². The van der Waals surface area contributed by atoms with Gasteiger partial charge < -0.3 is 15.4 Å². The van der Waals surface area contributed by atoms with Gasteiger partial charge in [-0.2, -0.15) is 0 Å². The first-order valence-corrected chi connectivity index (χ1v) is 10.5. The van der Waals surface area contributed by atoms with E-state index in [0.29, 0.717) is 11.8 Å². The second-order valence-electron chi connectivity index (χ2n) is 9.88. The van der Waals surface area contributed by atoms with Crippen LogP contribution in [0.4, 0.5) is 0 Å². The summed E-state index contributed by atoms with van der Waals surface area (Å²) in [7, 11) is 1.70. The highest BCUT2D eigenvalue weighted by molar-refractivity contribution is 5.84. The van der Waals surface area contributed by atoms with Crippen LogP contribution in [0, 0.1) is 22.7 Å². The van der Waals surface area contributed by atoms with E-state index in [4.69, 9.17) is 10.5 Å². The molecule has 2 N–H and O–H groups in total. The van der Waals surface area contributed by atoms with Gasteiger partial charge in [-0.25, -0.2) is 0 Å². The molecule has 148 valence electrons. The molecule has 2 saturated carbocycles. The van der Waals surface area contributed by atoms with E-state index in [-0.39, 0.29) is 16.9 Å². The first-order chi connectivity index (χ1) is 12.8. The zero-order chi connectivity index (χ0) is 19.2. The lowest BCUT2D eigenvalue weighted by Gasteiger charge is -2.47. The Labute approximate surface area is 163 Å². The molecule has 4 heteroatoms. The molecule has 0 aromatic heterocycles. The minimum absolute atomic E-state index is 0.0112. The normalized spacial score (nSPS) is 34.7. The first-order valence-electron chi connectivity index (χ1n) is 10.5. The highest BCUT2D eigenvalue weighted by atomic mass is 16.5. The van der Waals surface area contributed by atoms with E-state index in [1.54, 1.807) is 7.11 Å². The number of nitrogens with zero attached hydrogens (tertiary/aromatic N) is 1. The molecule has 1 aliphatic heterocycles. The Bertz CT molecular complexity index is 716. The summed E-state index contributed by atoms with van der Waals surface area (Å²) in [5.41, 5.74) is 7.31. The zero-order valence-corrected chi connectivity index (χ0v) is 17.0. The summed E-state index contributed by atoms with van der Waals surface area (Å²) in [6.45, 7) is 5.99. The summed E-state index contributed by atoms with van der Waals surface area (Å²) < 4.78 is 5.42. The molecule has 2 bridgehead atoms. The topological polar surface area (TPSA) is 55.6 Å². The quantitative estimate of drug-likeness (QED) is 0.880. The van der Waals surface area contributed by atoms with Gasteiger partial charge >= 0.3 is 0 Å². The standard InChI is InChI=1S/C23H34N2O2/c1-22(2)15-25(10-9-20(22)24)21(26)23(14-17-7-8-18(23)11-17)13-16-5-4-6-19(12-16)27-3/h4-6,12,17-18,20H,7-11,13-15,24H2,1-3H3. The summed E-state index contributed by atoms with van der Waals surface area (Å²) in [5, 5.41) is 0. The average molecular weight is 371 g/mol. The Morgan fingerprint density at radius 1 is 1.30 bits per heavy atom. The Morgan fingerprint density at radius 2 is 2.11 bits per heavy atom. The predicted octanol–water partition coefficient (Wildman–Crippen LogP) is 3.63. The van der Waals surface area contributed by atoms with Crippen molar-refractivity contribution in [2.45, 2.75) is 58.4 Å². The summed E-state index contributed by atoms with van der Waals surface area (Å²) in [6, 6.07) is 8.46. The average Bonchev–Trinajstić information content (AvgIpc) is 3.25. The maximum Gasteiger partial charge on any atom is 0.229 e. The van der Waals surface area contributed by atoms with Crippen LogP contribution in [0.5, 0.6) is 5.75 Å². The van der Waals surface area contributed by atoms with Crippen LogP contribution in [0.3, 0.4) is 0 Å². The third-order valence-electron chi connectivity index (χ3n) is 7.65. The SMILES string of the molecule is COc1cccc(CC2(C(=O)N3CCC(N)C(C)(C)C3)CC3CCC2C3)c1. The number of hydrogen-bond donors (Lipinski definition) is 1. The third-order valence-corrected chi connectivity index (χ3v) is 7.65. The Morgan fingerprint density at radius 3 is 2.74 bits per heavy atom. The van der Waals surface area contributed by atoms with Gasteiger partial charge in [-0.05, 0) is 67.1 Å². The molecular formula is C23H34N2O2. The number of hydrogen-bond acceptors (Lipinski definition) is 3. The number of fused-ring (bicyclic) bond motifs is 2. The van der Waals surface area contributed by atoms with Gasteiger partial charge in [0.15, 0.2) is 0 Å². The third kappa shape index (κ3) is 3.26. The van der Waals surface area contributed by atoms with E-state index < -0.39 is 0 Å². The molecule has 4 unspecified atom stereocenters. The number of ether oxygens (including phenoxy) is 1. The molecule has 4 atom stereocenters. The minimum atomic E-state index is -0.229. The van der Waals surface area contributed by atoms with E-state index in [9.17, 15) is 4.79 Å². The summed E-state index contributed by atoms with van der Waals surface area (Å²) in [6.07, 6.45) is 6.53. The van der Waals surface area contributed by atoms with Gasteiger partial charge in [0.1, 0.15) is 5.75 Å². The van der Waals surface area contributed by atoms with Crippen molar-refractivity contribution < 1.29 is 9.53 Å². The molecule has 1 saturated heterocycles. The number of nitrogens with two attached hydrogens (primary N) is 1.